The molecule has 1 aromatic carbocycles. The lowest BCUT2D eigenvalue weighted by Crippen LogP contribution is -2.37. The van der Waals surface area contributed by atoms with E-state index in [0.29, 0.717) is 6.61 Å². The van der Waals surface area contributed by atoms with E-state index >= 15 is 0 Å². The van der Waals surface area contributed by atoms with E-state index in [9.17, 15) is 0 Å². The molecule has 2 heteroatoms. The molecule has 32 heavy (non-hydrogen) atoms. The summed E-state index contributed by atoms with van der Waals surface area (Å²) in [6.07, 6.45) is 12.9. The van der Waals surface area contributed by atoms with E-state index in [4.69, 9.17) is 9.47 Å². The quantitative estimate of drug-likeness (QED) is 0.302. The van der Waals surface area contributed by atoms with Crippen molar-refractivity contribution in [3.63, 3.8) is 0 Å². The molecule has 0 saturated heterocycles. The summed E-state index contributed by atoms with van der Waals surface area (Å²) in [5, 5.41) is 0. The average Bonchev–Trinajstić information content (AvgIpc) is 2.73. The lowest BCUT2D eigenvalue weighted by atomic mass is 9.83. The lowest BCUT2D eigenvalue weighted by Gasteiger charge is -2.39. The van der Waals surface area contributed by atoms with Gasteiger partial charge in [0.1, 0.15) is 17.1 Å². The van der Waals surface area contributed by atoms with E-state index < -0.39 is 0 Å². The largest absolute Gasteiger partial charge is 0.493 e. The zero-order chi connectivity index (χ0) is 23.9. The molecule has 0 spiro atoms. The number of rotatable bonds is 13. The topological polar surface area (TPSA) is 18.5 Å². The number of hydrogen-bond acceptors (Lipinski definition) is 2. The summed E-state index contributed by atoms with van der Waals surface area (Å²) in [7, 11) is 0. The van der Waals surface area contributed by atoms with Crippen molar-refractivity contribution < 1.29 is 9.47 Å². The van der Waals surface area contributed by atoms with Gasteiger partial charge >= 0.3 is 0 Å². The van der Waals surface area contributed by atoms with Crippen LogP contribution >= 0.6 is 0 Å². The molecule has 0 bridgehead atoms. The van der Waals surface area contributed by atoms with Crippen molar-refractivity contribution in [1.29, 1.82) is 0 Å². The van der Waals surface area contributed by atoms with Gasteiger partial charge in [0.25, 0.3) is 0 Å². The first-order valence-electron chi connectivity index (χ1n) is 13.5. The first kappa shape index (κ1) is 27.1. The molecule has 1 aliphatic rings. The predicted molar refractivity (Wildman–Crippen MR) is 139 cm³/mol. The van der Waals surface area contributed by atoms with Crippen LogP contribution in [0, 0.1) is 38.5 Å². The fraction of sp³-hybridized carbons (Fsp3) is 0.800. The second-order valence-electron chi connectivity index (χ2n) is 11.5. The van der Waals surface area contributed by atoms with Crippen LogP contribution in [0.5, 0.6) is 11.5 Å². The molecule has 0 aromatic heterocycles. The van der Waals surface area contributed by atoms with Crippen molar-refractivity contribution in [3.05, 3.63) is 22.3 Å². The molecule has 0 saturated carbocycles. The summed E-state index contributed by atoms with van der Waals surface area (Å²) in [6.45, 7) is 21.3. The summed E-state index contributed by atoms with van der Waals surface area (Å²) in [5.74, 6) is 4.72. The maximum absolute atomic E-state index is 6.75. The monoisotopic (exact) mass is 444 g/mol. The molecule has 0 unspecified atom stereocenters. The van der Waals surface area contributed by atoms with Crippen molar-refractivity contribution in [2.24, 2.45) is 17.8 Å². The highest BCUT2D eigenvalue weighted by molar-refractivity contribution is 5.59. The van der Waals surface area contributed by atoms with Gasteiger partial charge in [0.2, 0.25) is 0 Å². The third-order valence-corrected chi connectivity index (χ3v) is 7.89. The highest BCUT2D eigenvalue weighted by Crippen LogP contribution is 2.45. The minimum atomic E-state index is -0.0395. The van der Waals surface area contributed by atoms with Gasteiger partial charge in [0, 0.05) is 5.56 Å². The molecule has 1 aromatic rings. The molecule has 0 aliphatic carbocycles. The Hall–Kier alpha value is -1.18. The lowest BCUT2D eigenvalue weighted by molar-refractivity contribution is 0.0483. The second kappa shape index (κ2) is 12.3. The van der Waals surface area contributed by atoms with Gasteiger partial charge in [0.15, 0.2) is 0 Å². The summed E-state index contributed by atoms with van der Waals surface area (Å²) < 4.78 is 12.7. The highest BCUT2D eigenvalue weighted by atomic mass is 16.5. The molecule has 184 valence electrons. The zero-order valence-corrected chi connectivity index (χ0v) is 22.8. The highest BCUT2D eigenvalue weighted by Gasteiger charge is 2.34. The van der Waals surface area contributed by atoms with Crippen LogP contribution in [0.2, 0.25) is 0 Å². The molecular weight excluding hydrogens is 392 g/mol. The van der Waals surface area contributed by atoms with Crippen LogP contribution in [0.25, 0.3) is 0 Å². The molecule has 0 fully saturated rings. The zero-order valence-electron chi connectivity index (χ0n) is 22.8. The summed E-state index contributed by atoms with van der Waals surface area (Å²) in [5.41, 5.74) is 5.11. The smallest absolute Gasteiger partial charge is 0.127 e. The maximum Gasteiger partial charge on any atom is 0.127 e. The van der Waals surface area contributed by atoms with Gasteiger partial charge in [0.05, 0.1) is 6.61 Å². The standard InChI is InChI=1S/C30H52O2/c1-10-31-28-24(6)25(7)29-27(26(28)8)18-20-30(9,32-29)19-17-23(5)16-12-15-22(4)14-11-13-21(2)3/h21-23H,10-20H2,1-9H3/t22-,23-,30-/m1/s1. The van der Waals surface area contributed by atoms with Crippen LogP contribution < -0.4 is 9.47 Å². The van der Waals surface area contributed by atoms with Gasteiger partial charge in [-0.2, -0.15) is 0 Å². The third-order valence-electron chi connectivity index (χ3n) is 7.89. The van der Waals surface area contributed by atoms with E-state index in [2.05, 4.69) is 62.3 Å². The van der Waals surface area contributed by atoms with Crippen molar-refractivity contribution in [2.45, 2.75) is 132 Å². The minimum absolute atomic E-state index is 0.0395. The van der Waals surface area contributed by atoms with E-state index in [1.807, 2.05) is 0 Å². The average molecular weight is 445 g/mol. The Bertz CT molecular complexity index is 720. The van der Waals surface area contributed by atoms with Crippen molar-refractivity contribution in [3.8, 4) is 11.5 Å². The van der Waals surface area contributed by atoms with E-state index in [-0.39, 0.29) is 5.60 Å². The van der Waals surface area contributed by atoms with Gasteiger partial charge < -0.3 is 9.47 Å². The molecule has 1 heterocycles. The summed E-state index contributed by atoms with van der Waals surface area (Å²) >= 11 is 0. The van der Waals surface area contributed by atoms with E-state index in [1.165, 1.54) is 67.2 Å². The second-order valence-corrected chi connectivity index (χ2v) is 11.5. The van der Waals surface area contributed by atoms with Crippen LogP contribution in [0.3, 0.4) is 0 Å². The SMILES string of the molecule is CCOc1c(C)c(C)c2c(c1C)CC[C@@](C)(CC[C@H](C)CCC[C@H](C)CCCC(C)C)O2. The van der Waals surface area contributed by atoms with Gasteiger partial charge in [-0.3, -0.25) is 0 Å². The Morgan fingerprint density at radius 2 is 1.44 bits per heavy atom. The molecule has 3 atom stereocenters. The fourth-order valence-electron chi connectivity index (χ4n) is 5.35. The molecule has 1 aliphatic heterocycles. The normalized spacial score (nSPS) is 20.1. The Kier molecular flexibility index (Phi) is 10.4. The van der Waals surface area contributed by atoms with Crippen LogP contribution in [0.15, 0.2) is 0 Å². The van der Waals surface area contributed by atoms with E-state index in [0.717, 1.165) is 48.5 Å². The van der Waals surface area contributed by atoms with E-state index in [1.54, 1.807) is 0 Å². The number of ether oxygens (including phenoxy) is 2. The van der Waals surface area contributed by atoms with Gasteiger partial charge in [-0.15, -0.1) is 0 Å². The Morgan fingerprint density at radius 3 is 2.03 bits per heavy atom. The van der Waals surface area contributed by atoms with Crippen molar-refractivity contribution in [1.82, 2.24) is 0 Å². The first-order valence-corrected chi connectivity index (χ1v) is 13.5. The number of hydrogen-bond donors (Lipinski definition) is 0. The fourth-order valence-corrected chi connectivity index (χ4v) is 5.35. The molecule has 0 radical (unpaired) electrons. The van der Waals surface area contributed by atoms with Crippen molar-refractivity contribution >= 4 is 0 Å². The molecule has 2 nitrogen and oxygen atoms in total. The van der Waals surface area contributed by atoms with Crippen molar-refractivity contribution in [2.75, 3.05) is 6.61 Å². The van der Waals surface area contributed by atoms with Crippen LogP contribution in [-0.4, -0.2) is 12.2 Å². The first-order chi connectivity index (χ1) is 15.1. The Labute approximate surface area is 199 Å². The van der Waals surface area contributed by atoms with Gasteiger partial charge in [-0.05, 0) is 94.7 Å². The minimum Gasteiger partial charge on any atom is -0.493 e. The molecule has 0 amide bonds. The maximum atomic E-state index is 6.75. The summed E-state index contributed by atoms with van der Waals surface area (Å²) in [6, 6.07) is 0. The van der Waals surface area contributed by atoms with Gasteiger partial charge in [-0.25, -0.2) is 0 Å². The van der Waals surface area contributed by atoms with Crippen LogP contribution in [0.1, 0.15) is 122 Å². The number of benzene rings is 1. The number of fused-ring (bicyclic) bond motifs is 1. The molecule has 0 N–H and O–H groups in total. The summed E-state index contributed by atoms with van der Waals surface area (Å²) in [4.78, 5) is 0. The van der Waals surface area contributed by atoms with Crippen LogP contribution in [0.4, 0.5) is 0 Å². The predicted octanol–water partition coefficient (Wildman–Crippen LogP) is 9.14. The third kappa shape index (κ3) is 7.42. The Morgan fingerprint density at radius 1 is 0.844 bits per heavy atom. The molecule has 2 rings (SSSR count). The Balaban J connectivity index is 1.85. The van der Waals surface area contributed by atoms with Gasteiger partial charge in [-0.1, -0.05) is 66.2 Å². The molecular formula is C30H52O2. The van der Waals surface area contributed by atoms with Crippen LogP contribution in [-0.2, 0) is 6.42 Å².